The minimum absolute atomic E-state index is 0.247. The lowest BCUT2D eigenvalue weighted by Gasteiger charge is -2.23. The molecule has 1 N–H and O–H groups in total. The van der Waals surface area contributed by atoms with Crippen molar-refractivity contribution in [2.24, 2.45) is 5.92 Å². The van der Waals surface area contributed by atoms with E-state index in [4.69, 9.17) is 11.6 Å². The van der Waals surface area contributed by atoms with Gasteiger partial charge in [-0.3, -0.25) is 9.10 Å². The summed E-state index contributed by atoms with van der Waals surface area (Å²) in [5, 5.41) is 3.27. The van der Waals surface area contributed by atoms with E-state index in [1.165, 1.54) is 6.07 Å². The van der Waals surface area contributed by atoms with Gasteiger partial charge in [0.05, 0.1) is 11.9 Å². The number of carbonyl (C=O) groups excluding carboxylic acids is 1. The molecule has 0 aliphatic carbocycles. The van der Waals surface area contributed by atoms with Crippen LogP contribution in [0.1, 0.15) is 39.5 Å². The summed E-state index contributed by atoms with van der Waals surface area (Å²) in [5.41, 5.74) is 0.387. The number of amides is 1. The zero-order valence-corrected chi connectivity index (χ0v) is 16.2. The van der Waals surface area contributed by atoms with E-state index in [1.54, 1.807) is 18.2 Å². The molecule has 24 heavy (non-hydrogen) atoms. The van der Waals surface area contributed by atoms with E-state index >= 15 is 0 Å². The van der Waals surface area contributed by atoms with Crippen LogP contribution in [0.25, 0.3) is 0 Å². The van der Waals surface area contributed by atoms with Crippen molar-refractivity contribution in [3.8, 4) is 0 Å². The maximum atomic E-state index is 12.2. The summed E-state index contributed by atoms with van der Waals surface area (Å²) in [6.45, 7) is 4.56. The molecule has 0 heterocycles. The highest BCUT2D eigenvalue weighted by molar-refractivity contribution is 7.92. The number of anilines is 1. The summed E-state index contributed by atoms with van der Waals surface area (Å²) in [5.74, 6) is 0.113. The lowest BCUT2D eigenvalue weighted by atomic mass is 9.99. The van der Waals surface area contributed by atoms with E-state index < -0.39 is 10.0 Å². The predicted octanol–water partition coefficient (Wildman–Crippen LogP) is 3.44. The van der Waals surface area contributed by atoms with Gasteiger partial charge < -0.3 is 5.32 Å². The van der Waals surface area contributed by atoms with Crippen LogP contribution in [0.15, 0.2) is 24.3 Å². The fraction of sp³-hybridized carbons (Fsp3) is 0.588. The first-order valence-corrected chi connectivity index (χ1v) is 10.5. The molecule has 0 spiro atoms. The Kier molecular flexibility index (Phi) is 8.56. The first-order valence-electron chi connectivity index (χ1n) is 8.27. The first kappa shape index (κ1) is 20.8. The van der Waals surface area contributed by atoms with Crippen molar-refractivity contribution in [1.29, 1.82) is 0 Å². The molecule has 1 rings (SSSR count). The van der Waals surface area contributed by atoms with Crippen LogP contribution in [0.3, 0.4) is 0 Å². The molecule has 0 unspecified atom stereocenters. The Morgan fingerprint density at radius 1 is 1.33 bits per heavy atom. The molecule has 1 atom stereocenters. The van der Waals surface area contributed by atoms with E-state index in [9.17, 15) is 13.2 Å². The number of hydrogen-bond acceptors (Lipinski definition) is 3. The van der Waals surface area contributed by atoms with Gasteiger partial charge in [-0.25, -0.2) is 8.42 Å². The van der Waals surface area contributed by atoms with E-state index in [2.05, 4.69) is 19.2 Å². The number of nitrogens with zero attached hydrogens (tertiary/aromatic N) is 1. The SMILES string of the molecule is CCCC[C@@H](CC)CNC(=O)CN(c1cccc(Cl)c1)S(C)(=O)=O. The van der Waals surface area contributed by atoms with Crippen LogP contribution in [0.4, 0.5) is 5.69 Å². The van der Waals surface area contributed by atoms with E-state index in [0.29, 0.717) is 23.2 Å². The normalized spacial score (nSPS) is 12.7. The highest BCUT2D eigenvalue weighted by Gasteiger charge is 2.21. The smallest absolute Gasteiger partial charge is 0.240 e. The molecule has 0 bridgehead atoms. The van der Waals surface area contributed by atoms with Crippen LogP contribution in [0.5, 0.6) is 0 Å². The maximum absolute atomic E-state index is 12.2. The molecule has 1 amide bonds. The monoisotopic (exact) mass is 374 g/mol. The lowest BCUT2D eigenvalue weighted by Crippen LogP contribution is -2.41. The fourth-order valence-electron chi connectivity index (χ4n) is 2.42. The van der Waals surface area contributed by atoms with Crippen LogP contribution < -0.4 is 9.62 Å². The number of unbranched alkanes of at least 4 members (excludes halogenated alkanes) is 1. The number of rotatable bonds is 10. The summed E-state index contributed by atoms with van der Waals surface area (Å²) >= 11 is 5.92. The molecule has 0 aromatic heterocycles. The molecule has 0 aliphatic rings. The molecule has 0 aliphatic heterocycles. The van der Waals surface area contributed by atoms with Gasteiger partial charge in [-0.15, -0.1) is 0 Å². The Balaban J connectivity index is 2.72. The molecule has 1 aromatic carbocycles. The van der Waals surface area contributed by atoms with E-state index in [0.717, 1.165) is 36.2 Å². The molecule has 5 nitrogen and oxygen atoms in total. The van der Waals surface area contributed by atoms with Gasteiger partial charge >= 0.3 is 0 Å². The van der Waals surface area contributed by atoms with Gasteiger partial charge in [-0.05, 0) is 30.5 Å². The second kappa shape index (κ2) is 9.89. The predicted molar refractivity (Wildman–Crippen MR) is 100.0 cm³/mol. The van der Waals surface area contributed by atoms with Gasteiger partial charge in [0.1, 0.15) is 6.54 Å². The Morgan fingerprint density at radius 3 is 2.58 bits per heavy atom. The van der Waals surface area contributed by atoms with Crippen LogP contribution >= 0.6 is 11.6 Å². The lowest BCUT2D eigenvalue weighted by molar-refractivity contribution is -0.119. The average molecular weight is 375 g/mol. The molecule has 7 heteroatoms. The standard InChI is InChI=1S/C17H27ClN2O3S/c1-4-6-8-14(5-2)12-19-17(21)13-20(24(3,22)23)16-10-7-9-15(18)11-16/h7,9-11,14H,4-6,8,12-13H2,1-3H3,(H,19,21)/t14-/m1/s1. The van der Waals surface area contributed by atoms with Gasteiger partial charge in [0.25, 0.3) is 0 Å². The van der Waals surface area contributed by atoms with Crippen LogP contribution in [-0.2, 0) is 14.8 Å². The van der Waals surface area contributed by atoms with Crippen molar-refractivity contribution < 1.29 is 13.2 Å². The van der Waals surface area contributed by atoms with Gasteiger partial charge in [0.15, 0.2) is 0 Å². The third kappa shape index (κ3) is 7.09. The first-order chi connectivity index (χ1) is 11.3. The third-order valence-corrected chi connectivity index (χ3v) is 5.29. The largest absolute Gasteiger partial charge is 0.354 e. The van der Waals surface area contributed by atoms with Crippen molar-refractivity contribution in [2.45, 2.75) is 39.5 Å². The molecule has 1 aromatic rings. The fourth-order valence-corrected chi connectivity index (χ4v) is 3.45. The van der Waals surface area contributed by atoms with Crippen molar-refractivity contribution >= 4 is 33.2 Å². The summed E-state index contributed by atoms with van der Waals surface area (Å²) < 4.78 is 25.1. The molecule has 0 fully saturated rings. The van der Waals surface area contributed by atoms with Crippen molar-refractivity contribution in [3.63, 3.8) is 0 Å². The molecule has 0 radical (unpaired) electrons. The summed E-state index contributed by atoms with van der Waals surface area (Å²) in [6, 6.07) is 6.47. The molecular weight excluding hydrogens is 348 g/mol. The van der Waals surface area contributed by atoms with Gasteiger partial charge in [0, 0.05) is 11.6 Å². The van der Waals surface area contributed by atoms with E-state index in [1.807, 2.05) is 0 Å². The summed E-state index contributed by atoms with van der Waals surface area (Å²) in [7, 11) is -3.57. The minimum atomic E-state index is -3.57. The zero-order valence-electron chi connectivity index (χ0n) is 14.6. The summed E-state index contributed by atoms with van der Waals surface area (Å²) in [6.07, 6.45) is 5.40. The maximum Gasteiger partial charge on any atom is 0.240 e. The topological polar surface area (TPSA) is 66.5 Å². The van der Waals surface area contributed by atoms with Crippen LogP contribution in [0, 0.1) is 5.92 Å². The highest BCUT2D eigenvalue weighted by atomic mass is 35.5. The molecule has 136 valence electrons. The van der Waals surface area contributed by atoms with E-state index in [-0.39, 0.29) is 12.5 Å². The second-order valence-electron chi connectivity index (χ2n) is 5.97. The highest BCUT2D eigenvalue weighted by Crippen LogP contribution is 2.21. The van der Waals surface area contributed by atoms with Gasteiger partial charge in [-0.1, -0.05) is 50.8 Å². The number of sulfonamides is 1. The number of benzene rings is 1. The number of nitrogens with one attached hydrogen (secondary N) is 1. The average Bonchev–Trinajstić information content (AvgIpc) is 2.51. The Bertz CT molecular complexity index is 634. The quantitative estimate of drug-likeness (QED) is 0.682. The summed E-state index contributed by atoms with van der Waals surface area (Å²) in [4.78, 5) is 12.2. The Morgan fingerprint density at radius 2 is 2.04 bits per heavy atom. The molecular formula is C17H27ClN2O3S. The number of halogens is 1. The van der Waals surface area contributed by atoms with Gasteiger partial charge in [-0.2, -0.15) is 0 Å². The van der Waals surface area contributed by atoms with Crippen molar-refractivity contribution in [3.05, 3.63) is 29.3 Å². The Labute approximate surface area is 150 Å². The van der Waals surface area contributed by atoms with Crippen molar-refractivity contribution in [1.82, 2.24) is 5.32 Å². The molecule has 0 saturated heterocycles. The minimum Gasteiger partial charge on any atom is -0.354 e. The third-order valence-electron chi connectivity index (χ3n) is 3.91. The molecule has 0 saturated carbocycles. The zero-order chi connectivity index (χ0) is 18.2. The second-order valence-corrected chi connectivity index (χ2v) is 8.31. The van der Waals surface area contributed by atoms with Gasteiger partial charge in [0.2, 0.25) is 15.9 Å². The van der Waals surface area contributed by atoms with Crippen LogP contribution in [0.2, 0.25) is 5.02 Å². The van der Waals surface area contributed by atoms with Crippen molar-refractivity contribution in [2.75, 3.05) is 23.7 Å². The number of hydrogen-bond donors (Lipinski definition) is 1. The Hall–Kier alpha value is -1.27. The van der Waals surface area contributed by atoms with Crippen LogP contribution in [-0.4, -0.2) is 33.7 Å². The number of carbonyl (C=O) groups is 1.